The lowest BCUT2D eigenvalue weighted by Gasteiger charge is -2.09. The minimum absolute atomic E-state index is 0.178. The fraction of sp³-hybridized carbons (Fsp3) is 0.222. The Kier molecular flexibility index (Phi) is 2.97. The van der Waals surface area contributed by atoms with E-state index < -0.39 is 23.5 Å². The molecule has 0 fully saturated rings. The summed E-state index contributed by atoms with van der Waals surface area (Å²) in [6.07, 6.45) is -9.43. The number of halogens is 6. The lowest BCUT2D eigenvalue weighted by atomic mass is 10.1. The van der Waals surface area contributed by atoms with Crippen molar-refractivity contribution in [2.75, 3.05) is 0 Å². The summed E-state index contributed by atoms with van der Waals surface area (Å²) in [5.41, 5.74) is -1.61. The average Bonchev–Trinajstić information content (AvgIpc) is 1.99. The number of benzene rings is 1. The molecule has 0 aromatic heterocycles. The highest BCUT2D eigenvalue weighted by Gasteiger charge is 2.32. The fourth-order valence-electron chi connectivity index (χ4n) is 0.994. The van der Waals surface area contributed by atoms with Gasteiger partial charge < -0.3 is 0 Å². The van der Waals surface area contributed by atoms with Gasteiger partial charge in [0.25, 0.3) is 0 Å². The Balaban J connectivity index is 2.94. The van der Waals surface area contributed by atoms with Crippen molar-refractivity contribution < 1.29 is 26.3 Å². The van der Waals surface area contributed by atoms with Gasteiger partial charge >= 0.3 is 12.4 Å². The Morgan fingerprint density at radius 1 is 0.933 bits per heavy atom. The van der Waals surface area contributed by atoms with E-state index in [1.165, 1.54) is 0 Å². The van der Waals surface area contributed by atoms with Gasteiger partial charge in [-0.05, 0) is 11.6 Å². The third-order valence-electron chi connectivity index (χ3n) is 1.54. The SMILES string of the molecule is FC(F)(F)[CH]c1cccc(C(F)(F)F)c1. The van der Waals surface area contributed by atoms with Crippen LogP contribution >= 0.6 is 0 Å². The van der Waals surface area contributed by atoms with Crippen molar-refractivity contribution in [3.63, 3.8) is 0 Å². The molecule has 0 spiro atoms. The molecule has 0 unspecified atom stereocenters. The van der Waals surface area contributed by atoms with Gasteiger partial charge in [0.1, 0.15) is 0 Å². The second-order valence-electron chi connectivity index (χ2n) is 2.81. The van der Waals surface area contributed by atoms with Gasteiger partial charge in [-0.2, -0.15) is 26.3 Å². The van der Waals surface area contributed by atoms with E-state index in [0.717, 1.165) is 12.1 Å². The summed E-state index contributed by atoms with van der Waals surface area (Å²) >= 11 is 0. The minimum atomic E-state index is -4.63. The molecule has 1 aromatic carbocycles. The molecular weight excluding hydrogens is 222 g/mol. The Hall–Kier alpha value is -1.20. The first kappa shape index (κ1) is 11.9. The first-order chi connectivity index (χ1) is 6.68. The maximum Gasteiger partial charge on any atom is 0.416 e. The molecule has 0 amide bonds. The van der Waals surface area contributed by atoms with Crippen LogP contribution in [0.15, 0.2) is 24.3 Å². The highest BCUT2D eigenvalue weighted by atomic mass is 19.4. The second kappa shape index (κ2) is 3.75. The smallest absolute Gasteiger partial charge is 0.170 e. The summed E-state index contributed by atoms with van der Waals surface area (Å²) in [6, 6.07) is 3.06. The highest BCUT2D eigenvalue weighted by Crippen LogP contribution is 2.31. The summed E-state index contributed by atoms with van der Waals surface area (Å²) in [4.78, 5) is 0. The van der Waals surface area contributed by atoms with Crippen molar-refractivity contribution in [3.8, 4) is 0 Å². The van der Waals surface area contributed by atoms with Crippen LogP contribution in [0.1, 0.15) is 11.1 Å². The predicted molar refractivity (Wildman–Crippen MR) is 40.9 cm³/mol. The molecule has 83 valence electrons. The van der Waals surface area contributed by atoms with Crippen LogP contribution in [0.25, 0.3) is 0 Å². The van der Waals surface area contributed by atoms with Gasteiger partial charge in [0.05, 0.1) is 12.0 Å². The molecule has 0 nitrogen and oxygen atoms in total. The normalized spacial score (nSPS) is 12.9. The summed E-state index contributed by atoms with van der Waals surface area (Å²) in [5, 5.41) is 0. The summed E-state index contributed by atoms with van der Waals surface area (Å²) in [6.45, 7) is 0. The molecule has 0 saturated heterocycles. The zero-order chi connectivity index (χ0) is 11.7. The number of rotatable bonds is 1. The maximum atomic E-state index is 12.1. The van der Waals surface area contributed by atoms with Crippen molar-refractivity contribution >= 4 is 0 Å². The average molecular weight is 227 g/mol. The summed E-state index contributed by atoms with van der Waals surface area (Å²) < 4.78 is 71.8. The molecular formula is C9H5F6. The van der Waals surface area contributed by atoms with Gasteiger partial charge in [-0.15, -0.1) is 0 Å². The monoisotopic (exact) mass is 227 g/mol. The molecule has 0 aliphatic heterocycles. The quantitative estimate of drug-likeness (QED) is 0.640. The van der Waals surface area contributed by atoms with E-state index in [-0.39, 0.29) is 6.42 Å². The molecule has 0 aliphatic rings. The van der Waals surface area contributed by atoms with Crippen LogP contribution in [0.2, 0.25) is 0 Å². The van der Waals surface area contributed by atoms with Crippen LogP contribution in [-0.4, -0.2) is 6.18 Å². The van der Waals surface area contributed by atoms with Crippen LogP contribution in [0, 0.1) is 6.42 Å². The van der Waals surface area contributed by atoms with Gasteiger partial charge in [0.2, 0.25) is 0 Å². The van der Waals surface area contributed by atoms with Crippen LogP contribution in [0.4, 0.5) is 26.3 Å². The standard InChI is InChI=1S/C9H5F6/c10-8(11,12)5-6-2-1-3-7(4-6)9(13,14)15/h1-5H. The van der Waals surface area contributed by atoms with Crippen molar-refractivity contribution in [1.29, 1.82) is 0 Å². The van der Waals surface area contributed by atoms with Gasteiger partial charge in [-0.25, -0.2) is 0 Å². The maximum absolute atomic E-state index is 12.1. The third-order valence-corrected chi connectivity index (χ3v) is 1.54. The molecule has 0 atom stereocenters. The zero-order valence-corrected chi connectivity index (χ0v) is 7.15. The Morgan fingerprint density at radius 3 is 2.00 bits per heavy atom. The van der Waals surface area contributed by atoms with E-state index in [4.69, 9.17) is 0 Å². The van der Waals surface area contributed by atoms with E-state index in [9.17, 15) is 26.3 Å². The molecule has 1 radical (unpaired) electrons. The molecule has 15 heavy (non-hydrogen) atoms. The lowest BCUT2D eigenvalue weighted by Crippen LogP contribution is -2.10. The van der Waals surface area contributed by atoms with Crippen molar-refractivity contribution in [2.24, 2.45) is 0 Å². The predicted octanol–water partition coefficient (Wildman–Crippen LogP) is 3.82. The lowest BCUT2D eigenvalue weighted by molar-refractivity contribution is -0.137. The topological polar surface area (TPSA) is 0 Å². The third kappa shape index (κ3) is 3.81. The largest absolute Gasteiger partial charge is 0.416 e. The molecule has 1 rings (SSSR count). The Morgan fingerprint density at radius 2 is 1.53 bits per heavy atom. The zero-order valence-electron chi connectivity index (χ0n) is 7.15. The highest BCUT2D eigenvalue weighted by molar-refractivity contribution is 5.31. The van der Waals surface area contributed by atoms with Crippen LogP contribution in [-0.2, 0) is 6.18 Å². The number of hydrogen-bond donors (Lipinski definition) is 0. The molecule has 6 heteroatoms. The van der Waals surface area contributed by atoms with E-state index >= 15 is 0 Å². The van der Waals surface area contributed by atoms with Gasteiger partial charge in [-0.1, -0.05) is 18.2 Å². The Labute approximate surface area is 81.5 Å². The summed E-state index contributed by atoms with van der Waals surface area (Å²) in [5.74, 6) is 0. The van der Waals surface area contributed by atoms with Crippen molar-refractivity contribution in [1.82, 2.24) is 0 Å². The number of alkyl halides is 6. The van der Waals surface area contributed by atoms with E-state index in [0.29, 0.717) is 12.1 Å². The molecule has 0 bridgehead atoms. The summed E-state index contributed by atoms with van der Waals surface area (Å²) in [7, 11) is 0. The van der Waals surface area contributed by atoms with Crippen LogP contribution in [0.5, 0.6) is 0 Å². The minimum Gasteiger partial charge on any atom is -0.170 e. The van der Waals surface area contributed by atoms with E-state index in [1.807, 2.05) is 0 Å². The van der Waals surface area contributed by atoms with Gasteiger partial charge in [0, 0.05) is 0 Å². The van der Waals surface area contributed by atoms with Crippen molar-refractivity contribution in [2.45, 2.75) is 12.4 Å². The molecule has 0 aliphatic carbocycles. The number of hydrogen-bond acceptors (Lipinski definition) is 0. The Bertz CT molecular complexity index is 335. The van der Waals surface area contributed by atoms with E-state index in [2.05, 4.69) is 0 Å². The molecule has 0 saturated carbocycles. The van der Waals surface area contributed by atoms with Crippen LogP contribution < -0.4 is 0 Å². The molecule has 1 aromatic rings. The van der Waals surface area contributed by atoms with Gasteiger partial charge in [-0.3, -0.25) is 0 Å². The van der Waals surface area contributed by atoms with Gasteiger partial charge in [0.15, 0.2) is 0 Å². The first-order valence-corrected chi connectivity index (χ1v) is 3.78. The van der Waals surface area contributed by atoms with Crippen molar-refractivity contribution in [3.05, 3.63) is 41.8 Å². The van der Waals surface area contributed by atoms with Crippen LogP contribution in [0.3, 0.4) is 0 Å². The molecule has 0 heterocycles. The fourth-order valence-corrected chi connectivity index (χ4v) is 0.994. The molecule has 0 N–H and O–H groups in total. The second-order valence-corrected chi connectivity index (χ2v) is 2.81. The van der Waals surface area contributed by atoms with E-state index in [1.54, 1.807) is 0 Å². The first-order valence-electron chi connectivity index (χ1n) is 3.78.